The average molecular weight is 488 g/mol. The number of nitrogens with zero attached hydrogens (tertiary/aromatic N) is 3. The van der Waals surface area contributed by atoms with Crippen molar-refractivity contribution in [3.05, 3.63) is 50.9 Å². The second kappa shape index (κ2) is 10.6. The van der Waals surface area contributed by atoms with Gasteiger partial charge in [0.05, 0.1) is 39.4 Å². The third-order valence-corrected chi connectivity index (χ3v) is 5.37. The molecule has 0 aliphatic rings. The van der Waals surface area contributed by atoms with Crippen molar-refractivity contribution in [2.45, 2.75) is 5.16 Å². The van der Waals surface area contributed by atoms with Crippen molar-refractivity contribution in [1.82, 2.24) is 15.2 Å². The first-order valence-electron chi connectivity index (χ1n) is 9.48. The van der Waals surface area contributed by atoms with Crippen LogP contribution in [0.25, 0.3) is 17.5 Å². The molecular weight excluding hydrogens is 468 g/mol. The largest absolute Gasteiger partial charge is 0.497 e. The number of thioether (sulfide) groups is 1. The first-order valence-corrected chi connectivity index (χ1v) is 10.3. The lowest BCUT2D eigenvalue weighted by Gasteiger charge is -2.11. The summed E-state index contributed by atoms with van der Waals surface area (Å²) in [5, 5.41) is 27.9. The molecular formula is C21H20N4O8S. The van der Waals surface area contributed by atoms with E-state index in [4.69, 9.17) is 18.9 Å². The van der Waals surface area contributed by atoms with E-state index in [1.807, 2.05) is 0 Å². The monoisotopic (exact) mass is 488 g/mol. The summed E-state index contributed by atoms with van der Waals surface area (Å²) in [6.45, 7) is 0. The van der Waals surface area contributed by atoms with Gasteiger partial charge in [0.25, 0.3) is 5.69 Å². The third-order valence-electron chi connectivity index (χ3n) is 4.49. The first-order chi connectivity index (χ1) is 16.3. The van der Waals surface area contributed by atoms with Gasteiger partial charge in [-0.3, -0.25) is 15.2 Å². The molecule has 0 amide bonds. The van der Waals surface area contributed by atoms with Crippen molar-refractivity contribution >= 4 is 29.5 Å². The third kappa shape index (κ3) is 5.38. The Balaban J connectivity index is 1.99. The molecule has 178 valence electrons. The molecule has 13 heteroatoms. The SMILES string of the molecule is COc1cc(OC)cc(-c2nc(S/C(=C/c3cc([N+](=O)[O-])cc(OC)c3OC)C(=O)O)n[nH]2)c1. The van der Waals surface area contributed by atoms with E-state index in [0.717, 1.165) is 11.8 Å². The maximum Gasteiger partial charge on any atom is 0.342 e. The number of hydrogen-bond acceptors (Lipinski definition) is 10. The zero-order valence-electron chi connectivity index (χ0n) is 18.5. The smallest absolute Gasteiger partial charge is 0.342 e. The van der Waals surface area contributed by atoms with Gasteiger partial charge in [-0.2, -0.15) is 0 Å². The lowest BCUT2D eigenvalue weighted by molar-refractivity contribution is -0.385. The number of carbonyl (C=O) groups is 1. The van der Waals surface area contributed by atoms with Gasteiger partial charge in [-0.05, 0) is 30.0 Å². The molecule has 1 aromatic heterocycles. The van der Waals surface area contributed by atoms with Gasteiger partial charge < -0.3 is 24.1 Å². The standard InChI is InChI=1S/C21H20N4O8S/c1-30-14-6-12(7-15(10-14)31-2)19-22-21(24-23-19)34-17(20(26)27)8-11-5-13(25(28)29)9-16(32-3)18(11)33-4/h5-10H,1-4H3,(H,26,27)(H,22,23,24)/b17-8+. The number of nitro groups is 1. The van der Waals surface area contributed by atoms with Crippen LogP contribution in [-0.4, -0.2) is 59.6 Å². The van der Waals surface area contributed by atoms with Gasteiger partial charge in [-0.25, -0.2) is 9.78 Å². The van der Waals surface area contributed by atoms with Gasteiger partial charge in [0.2, 0.25) is 5.16 Å². The van der Waals surface area contributed by atoms with Crippen LogP contribution in [0.4, 0.5) is 5.69 Å². The molecule has 0 bridgehead atoms. The van der Waals surface area contributed by atoms with Gasteiger partial charge in [0.1, 0.15) is 16.4 Å². The molecule has 12 nitrogen and oxygen atoms in total. The maximum atomic E-state index is 11.9. The Morgan fingerprint density at radius 2 is 1.74 bits per heavy atom. The zero-order valence-corrected chi connectivity index (χ0v) is 19.3. The molecule has 2 aromatic carbocycles. The molecule has 0 aliphatic carbocycles. The van der Waals surface area contributed by atoms with Crippen LogP contribution in [0, 0.1) is 10.1 Å². The molecule has 0 atom stereocenters. The molecule has 0 aliphatic heterocycles. The lowest BCUT2D eigenvalue weighted by Crippen LogP contribution is -2.00. The highest BCUT2D eigenvalue weighted by Crippen LogP contribution is 2.38. The summed E-state index contributed by atoms with van der Waals surface area (Å²) in [6, 6.07) is 7.50. The molecule has 2 N–H and O–H groups in total. The van der Waals surface area contributed by atoms with Gasteiger partial charge >= 0.3 is 5.97 Å². The van der Waals surface area contributed by atoms with E-state index in [0.29, 0.717) is 22.9 Å². The number of nitro benzene ring substituents is 1. The summed E-state index contributed by atoms with van der Waals surface area (Å²) in [5.41, 5.74) is 0.471. The summed E-state index contributed by atoms with van der Waals surface area (Å²) < 4.78 is 20.9. The van der Waals surface area contributed by atoms with Crippen molar-refractivity contribution in [2.75, 3.05) is 28.4 Å². The van der Waals surface area contributed by atoms with Crippen LogP contribution in [0.2, 0.25) is 0 Å². The average Bonchev–Trinajstić information content (AvgIpc) is 3.31. The topological polar surface area (TPSA) is 159 Å². The number of aromatic amines is 1. The number of hydrogen-bond donors (Lipinski definition) is 2. The predicted octanol–water partition coefficient (Wildman–Crippen LogP) is 3.63. The van der Waals surface area contributed by atoms with Crippen LogP contribution < -0.4 is 18.9 Å². The molecule has 3 aromatic rings. The van der Waals surface area contributed by atoms with Crippen LogP contribution in [0.15, 0.2) is 40.4 Å². The second-order valence-corrected chi connectivity index (χ2v) is 7.52. The van der Waals surface area contributed by atoms with E-state index >= 15 is 0 Å². The molecule has 34 heavy (non-hydrogen) atoms. The fourth-order valence-electron chi connectivity index (χ4n) is 2.93. The van der Waals surface area contributed by atoms with Crippen LogP contribution in [0.1, 0.15) is 5.56 Å². The molecule has 0 spiro atoms. The number of carboxylic acid groups (broad SMARTS) is 1. The minimum atomic E-state index is -1.29. The van der Waals surface area contributed by atoms with Gasteiger partial charge in [-0.1, -0.05) is 0 Å². The molecule has 0 radical (unpaired) electrons. The van der Waals surface area contributed by atoms with E-state index < -0.39 is 10.9 Å². The number of non-ortho nitro benzene ring substituents is 1. The number of aliphatic carboxylic acids is 1. The Kier molecular flexibility index (Phi) is 7.58. The van der Waals surface area contributed by atoms with Crippen molar-refractivity contribution in [3.63, 3.8) is 0 Å². The van der Waals surface area contributed by atoms with E-state index in [1.54, 1.807) is 18.2 Å². The number of rotatable bonds is 10. The highest BCUT2D eigenvalue weighted by atomic mass is 32.2. The van der Waals surface area contributed by atoms with E-state index in [-0.39, 0.29) is 32.8 Å². The number of H-pyrrole nitrogens is 1. The van der Waals surface area contributed by atoms with Gasteiger partial charge in [0, 0.05) is 23.3 Å². The van der Waals surface area contributed by atoms with Crippen molar-refractivity contribution in [3.8, 4) is 34.4 Å². The first kappa shape index (κ1) is 24.4. The summed E-state index contributed by atoms with van der Waals surface area (Å²) in [6.07, 6.45) is 1.23. The predicted molar refractivity (Wildman–Crippen MR) is 123 cm³/mol. The van der Waals surface area contributed by atoms with Crippen molar-refractivity contribution < 1.29 is 33.8 Å². The van der Waals surface area contributed by atoms with Crippen LogP contribution in [0.3, 0.4) is 0 Å². The quantitative estimate of drug-likeness (QED) is 0.186. The number of benzene rings is 2. The van der Waals surface area contributed by atoms with E-state index in [9.17, 15) is 20.0 Å². The summed E-state index contributed by atoms with van der Waals surface area (Å²) >= 11 is 0.753. The number of ether oxygens (including phenoxy) is 4. The highest BCUT2D eigenvalue weighted by molar-refractivity contribution is 8.04. The van der Waals surface area contributed by atoms with Crippen molar-refractivity contribution in [1.29, 1.82) is 0 Å². The maximum absolute atomic E-state index is 11.9. The summed E-state index contributed by atoms with van der Waals surface area (Å²) in [5.74, 6) is 0.387. The molecule has 0 saturated carbocycles. The van der Waals surface area contributed by atoms with Crippen LogP contribution in [-0.2, 0) is 4.79 Å². The van der Waals surface area contributed by atoms with E-state index in [2.05, 4.69) is 15.2 Å². The Bertz CT molecular complexity index is 1240. The van der Waals surface area contributed by atoms with Gasteiger partial charge in [0.15, 0.2) is 17.3 Å². The minimum absolute atomic E-state index is 0.0878. The highest BCUT2D eigenvalue weighted by Gasteiger charge is 2.21. The molecule has 3 rings (SSSR count). The fourth-order valence-corrected chi connectivity index (χ4v) is 3.63. The Morgan fingerprint density at radius 3 is 2.26 bits per heavy atom. The number of nitrogens with one attached hydrogen (secondary N) is 1. The Labute approximate surface area is 197 Å². The summed E-state index contributed by atoms with van der Waals surface area (Å²) in [4.78, 5) is 26.7. The summed E-state index contributed by atoms with van der Waals surface area (Å²) in [7, 11) is 5.70. The Morgan fingerprint density at radius 1 is 1.06 bits per heavy atom. The number of methoxy groups -OCH3 is 4. The normalized spacial score (nSPS) is 11.1. The van der Waals surface area contributed by atoms with Crippen molar-refractivity contribution in [2.24, 2.45) is 0 Å². The van der Waals surface area contributed by atoms with Crippen LogP contribution >= 0.6 is 11.8 Å². The van der Waals surface area contributed by atoms with Crippen LogP contribution in [0.5, 0.6) is 23.0 Å². The van der Waals surface area contributed by atoms with E-state index in [1.165, 1.54) is 46.6 Å². The second-order valence-electron chi connectivity index (χ2n) is 6.51. The van der Waals surface area contributed by atoms with Gasteiger partial charge in [-0.15, -0.1) is 5.10 Å². The minimum Gasteiger partial charge on any atom is -0.497 e. The zero-order chi connectivity index (χ0) is 24.8. The molecule has 0 fully saturated rings. The Hall–Kier alpha value is -4.26. The molecule has 0 unspecified atom stereocenters. The molecule has 0 saturated heterocycles. The fraction of sp³-hybridized carbons (Fsp3) is 0.190. The lowest BCUT2D eigenvalue weighted by atomic mass is 10.1. The molecule has 1 heterocycles. The number of carboxylic acids is 1. The number of aromatic nitrogens is 3.